The highest BCUT2D eigenvalue weighted by Crippen LogP contribution is 2.31. The maximum atomic E-state index is 10.2. The van der Waals surface area contributed by atoms with Crippen LogP contribution in [-0.2, 0) is 6.54 Å². The topological polar surface area (TPSA) is 65.9 Å². The number of nitrogens with one attached hydrogen (secondary N) is 2. The van der Waals surface area contributed by atoms with Gasteiger partial charge in [0, 0.05) is 18.7 Å². The van der Waals surface area contributed by atoms with Crippen molar-refractivity contribution >= 4 is 5.96 Å². The van der Waals surface area contributed by atoms with Crippen molar-refractivity contribution in [1.82, 2.24) is 10.6 Å². The fraction of sp³-hybridized carbons (Fsp3) is 0.650. The Bertz CT molecular complexity index is 607. The molecule has 2 aliphatic rings. The number of nitrogens with zero attached hydrogens (tertiary/aromatic N) is 1. The summed E-state index contributed by atoms with van der Waals surface area (Å²) in [6, 6.07) is 6.31. The number of ether oxygens (including phenoxy) is 1. The van der Waals surface area contributed by atoms with E-state index in [1.807, 2.05) is 6.92 Å². The van der Waals surface area contributed by atoms with E-state index < -0.39 is 5.60 Å². The molecule has 0 aromatic heterocycles. The number of aliphatic imine (C=N–C) groups is 1. The highest BCUT2D eigenvalue weighted by atomic mass is 16.5. The molecule has 0 radical (unpaired) electrons. The molecule has 0 aliphatic heterocycles. The number of hydrogen-bond acceptors (Lipinski definition) is 3. The van der Waals surface area contributed by atoms with E-state index in [0.717, 1.165) is 55.6 Å². The molecule has 0 bridgehead atoms. The zero-order valence-electron chi connectivity index (χ0n) is 15.5. The summed E-state index contributed by atoms with van der Waals surface area (Å²) >= 11 is 0. The molecule has 25 heavy (non-hydrogen) atoms. The van der Waals surface area contributed by atoms with Crippen molar-refractivity contribution in [2.75, 3.05) is 19.7 Å². The summed E-state index contributed by atoms with van der Waals surface area (Å²) in [5, 5.41) is 16.8. The van der Waals surface area contributed by atoms with Crippen LogP contribution in [-0.4, -0.2) is 36.4 Å². The van der Waals surface area contributed by atoms with Gasteiger partial charge in [-0.25, -0.2) is 4.99 Å². The van der Waals surface area contributed by atoms with Crippen LogP contribution in [0.4, 0.5) is 0 Å². The van der Waals surface area contributed by atoms with Crippen molar-refractivity contribution < 1.29 is 9.84 Å². The van der Waals surface area contributed by atoms with Gasteiger partial charge in [0.15, 0.2) is 5.96 Å². The summed E-state index contributed by atoms with van der Waals surface area (Å²) in [6.45, 7) is 6.85. The molecule has 2 fully saturated rings. The van der Waals surface area contributed by atoms with Gasteiger partial charge in [-0.05, 0) is 63.5 Å². The molecule has 138 valence electrons. The van der Waals surface area contributed by atoms with Crippen LogP contribution in [0.15, 0.2) is 23.2 Å². The summed E-state index contributed by atoms with van der Waals surface area (Å²) in [4.78, 5) is 4.68. The van der Waals surface area contributed by atoms with Gasteiger partial charge in [-0.15, -0.1) is 0 Å². The van der Waals surface area contributed by atoms with E-state index >= 15 is 0 Å². The van der Waals surface area contributed by atoms with Gasteiger partial charge in [0.1, 0.15) is 5.75 Å². The Hall–Kier alpha value is -1.75. The van der Waals surface area contributed by atoms with Gasteiger partial charge in [-0.1, -0.05) is 12.1 Å². The summed E-state index contributed by atoms with van der Waals surface area (Å²) in [5.41, 5.74) is 1.75. The first-order chi connectivity index (χ1) is 12.1. The Labute approximate surface area is 150 Å². The van der Waals surface area contributed by atoms with E-state index in [4.69, 9.17) is 4.74 Å². The van der Waals surface area contributed by atoms with Crippen molar-refractivity contribution in [1.29, 1.82) is 0 Å². The Morgan fingerprint density at radius 2 is 2.12 bits per heavy atom. The predicted octanol–water partition coefficient (Wildman–Crippen LogP) is 2.75. The van der Waals surface area contributed by atoms with E-state index in [9.17, 15) is 5.11 Å². The lowest BCUT2D eigenvalue weighted by Gasteiger charge is -2.37. The predicted molar refractivity (Wildman–Crippen MR) is 101 cm³/mol. The molecular formula is C20H31N3O2. The molecule has 0 unspecified atom stereocenters. The third kappa shape index (κ3) is 5.36. The number of hydrogen-bond donors (Lipinski definition) is 3. The largest absolute Gasteiger partial charge is 0.493 e. The minimum absolute atomic E-state index is 0.553. The fourth-order valence-electron chi connectivity index (χ4n) is 2.93. The van der Waals surface area contributed by atoms with Crippen LogP contribution in [0.5, 0.6) is 5.75 Å². The van der Waals surface area contributed by atoms with E-state index in [2.05, 4.69) is 40.7 Å². The van der Waals surface area contributed by atoms with Gasteiger partial charge in [0.2, 0.25) is 0 Å². The summed E-state index contributed by atoms with van der Waals surface area (Å²) in [6.07, 6.45) is 5.43. The third-order valence-electron chi connectivity index (χ3n) is 5.02. The van der Waals surface area contributed by atoms with Gasteiger partial charge < -0.3 is 20.5 Å². The van der Waals surface area contributed by atoms with Crippen LogP contribution in [0.3, 0.4) is 0 Å². The van der Waals surface area contributed by atoms with Gasteiger partial charge in [-0.2, -0.15) is 0 Å². The second-order valence-corrected chi connectivity index (χ2v) is 7.49. The van der Waals surface area contributed by atoms with Crippen molar-refractivity contribution in [3.63, 3.8) is 0 Å². The molecule has 2 saturated carbocycles. The molecule has 2 aliphatic carbocycles. The van der Waals surface area contributed by atoms with Crippen molar-refractivity contribution in [3.05, 3.63) is 29.3 Å². The highest BCUT2D eigenvalue weighted by Gasteiger charge is 2.34. The first-order valence-electron chi connectivity index (χ1n) is 9.55. The monoisotopic (exact) mass is 345 g/mol. The molecule has 3 rings (SSSR count). The van der Waals surface area contributed by atoms with Crippen LogP contribution in [0.25, 0.3) is 0 Å². The Kier molecular flexibility index (Phi) is 5.84. The molecule has 0 heterocycles. The van der Waals surface area contributed by atoms with Gasteiger partial charge in [-0.3, -0.25) is 0 Å². The highest BCUT2D eigenvalue weighted by molar-refractivity contribution is 5.79. The lowest BCUT2D eigenvalue weighted by Crippen LogP contribution is -2.50. The number of aliphatic hydroxyl groups is 1. The van der Waals surface area contributed by atoms with Crippen LogP contribution in [0.1, 0.15) is 50.2 Å². The standard InChI is InChI=1S/C20H31N3O2/c1-3-21-19(23-14-20(24)9-4-10-20)22-12-17-8-5-15(2)11-18(17)25-13-16-6-7-16/h5,8,11,16,24H,3-4,6-7,9-10,12-14H2,1-2H3,(H2,21,22,23). The van der Waals surface area contributed by atoms with Crippen molar-refractivity contribution in [2.24, 2.45) is 10.9 Å². The van der Waals surface area contributed by atoms with E-state index in [-0.39, 0.29) is 0 Å². The maximum absolute atomic E-state index is 10.2. The minimum atomic E-state index is -0.557. The van der Waals surface area contributed by atoms with Crippen LogP contribution in [0, 0.1) is 12.8 Å². The molecule has 1 aromatic rings. The number of benzene rings is 1. The van der Waals surface area contributed by atoms with Crippen LogP contribution >= 0.6 is 0 Å². The second-order valence-electron chi connectivity index (χ2n) is 7.49. The van der Waals surface area contributed by atoms with Gasteiger partial charge in [0.25, 0.3) is 0 Å². The SMILES string of the molecule is CCNC(=NCc1ccc(C)cc1OCC1CC1)NCC1(O)CCC1. The van der Waals surface area contributed by atoms with Crippen molar-refractivity contribution in [2.45, 2.75) is 58.1 Å². The number of rotatable bonds is 8. The molecule has 0 amide bonds. The molecule has 0 spiro atoms. The molecule has 5 nitrogen and oxygen atoms in total. The lowest BCUT2D eigenvalue weighted by atomic mass is 9.80. The Balaban J connectivity index is 1.62. The van der Waals surface area contributed by atoms with Gasteiger partial charge in [0.05, 0.1) is 18.8 Å². The first-order valence-corrected chi connectivity index (χ1v) is 9.55. The molecule has 0 atom stereocenters. The number of guanidine groups is 1. The average Bonchev–Trinajstić information content (AvgIpc) is 3.39. The Morgan fingerprint density at radius 1 is 1.32 bits per heavy atom. The van der Waals surface area contributed by atoms with E-state index in [1.54, 1.807) is 0 Å². The zero-order chi connectivity index (χ0) is 17.7. The molecule has 0 saturated heterocycles. The zero-order valence-corrected chi connectivity index (χ0v) is 15.5. The second kappa shape index (κ2) is 8.09. The van der Waals surface area contributed by atoms with Gasteiger partial charge >= 0.3 is 0 Å². The third-order valence-corrected chi connectivity index (χ3v) is 5.02. The maximum Gasteiger partial charge on any atom is 0.191 e. The molecule has 3 N–H and O–H groups in total. The quantitative estimate of drug-likeness (QED) is 0.501. The average molecular weight is 345 g/mol. The number of aryl methyl sites for hydroxylation is 1. The molecule has 1 aromatic carbocycles. The van der Waals surface area contributed by atoms with Crippen molar-refractivity contribution in [3.8, 4) is 5.75 Å². The van der Waals surface area contributed by atoms with Crippen LogP contribution < -0.4 is 15.4 Å². The van der Waals surface area contributed by atoms with E-state index in [0.29, 0.717) is 13.1 Å². The fourth-order valence-corrected chi connectivity index (χ4v) is 2.93. The van der Waals surface area contributed by atoms with E-state index in [1.165, 1.54) is 18.4 Å². The smallest absolute Gasteiger partial charge is 0.191 e. The molecule has 5 heteroatoms. The lowest BCUT2D eigenvalue weighted by molar-refractivity contribution is -0.0279. The van der Waals surface area contributed by atoms with Crippen LogP contribution in [0.2, 0.25) is 0 Å². The Morgan fingerprint density at radius 3 is 2.76 bits per heavy atom. The summed E-state index contributed by atoms with van der Waals surface area (Å²) < 4.78 is 6.02. The normalized spacial score (nSPS) is 19.2. The summed E-state index contributed by atoms with van der Waals surface area (Å²) in [7, 11) is 0. The minimum Gasteiger partial charge on any atom is -0.493 e. The molecular weight excluding hydrogens is 314 g/mol. The first kappa shape index (κ1) is 18.1. The summed E-state index contributed by atoms with van der Waals surface area (Å²) in [5.74, 6) is 2.43.